The van der Waals surface area contributed by atoms with E-state index >= 15 is 0 Å². The van der Waals surface area contributed by atoms with Gasteiger partial charge in [-0.15, -0.1) is 0 Å². The number of carbonyl (C=O) groups is 1. The highest BCUT2D eigenvalue weighted by Crippen LogP contribution is 2.25. The molecule has 0 aromatic heterocycles. The van der Waals surface area contributed by atoms with E-state index in [1.54, 1.807) is 16.7 Å². The maximum Gasteiger partial charge on any atom is 0.410 e. The minimum Gasteiger partial charge on any atom is -0.444 e. The van der Waals surface area contributed by atoms with Gasteiger partial charge in [-0.2, -0.15) is 24.9 Å². The Balaban J connectivity index is 2.17. The zero-order valence-electron chi connectivity index (χ0n) is 14.2. The SMILES string of the molecule is CC(C)(C)OC(=O)N1CCCC1CCCSCCCC(F)(F)F. The third kappa shape index (κ3) is 9.33. The second-order valence-electron chi connectivity index (χ2n) is 6.94. The fourth-order valence-electron chi connectivity index (χ4n) is 2.59. The molecular formula is C16H28F3NO2S. The van der Waals surface area contributed by atoms with Crippen molar-refractivity contribution in [2.24, 2.45) is 0 Å². The topological polar surface area (TPSA) is 29.5 Å². The Bertz CT molecular complexity index is 369. The Kier molecular flexibility index (Phi) is 8.04. The van der Waals surface area contributed by atoms with Crippen LogP contribution in [0.3, 0.4) is 0 Å². The molecule has 136 valence electrons. The molecule has 23 heavy (non-hydrogen) atoms. The molecule has 0 N–H and O–H groups in total. The fourth-order valence-corrected chi connectivity index (χ4v) is 3.52. The monoisotopic (exact) mass is 355 g/mol. The van der Waals surface area contributed by atoms with Crippen molar-refractivity contribution in [3.8, 4) is 0 Å². The van der Waals surface area contributed by atoms with Crippen LogP contribution in [-0.4, -0.2) is 46.9 Å². The molecule has 0 saturated carbocycles. The minimum absolute atomic E-state index is 0.182. The molecule has 0 aliphatic carbocycles. The first kappa shape index (κ1) is 20.5. The third-order valence-electron chi connectivity index (χ3n) is 3.58. The minimum atomic E-state index is -4.04. The number of ether oxygens (including phenoxy) is 1. The zero-order valence-corrected chi connectivity index (χ0v) is 15.1. The quantitative estimate of drug-likeness (QED) is 0.585. The first-order valence-electron chi connectivity index (χ1n) is 8.22. The molecule has 1 atom stereocenters. The maximum absolute atomic E-state index is 12.1. The summed E-state index contributed by atoms with van der Waals surface area (Å²) in [4.78, 5) is 13.9. The van der Waals surface area contributed by atoms with Crippen molar-refractivity contribution in [3.63, 3.8) is 0 Å². The molecular weight excluding hydrogens is 327 g/mol. The Morgan fingerprint density at radius 1 is 1.22 bits per heavy atom. The number of amides is 1. The van der Waals surface area contributed by atoms with Crippen LogP contribution in [0.25, 0.3) is 0 Å². The Morgan fingerprint density at radius 2 is 1.87 bits per heavy atom. The van der Waals surface area contributed by atoms with Crippen LogP contribution in [0.2, 0.25) is 0 Å². The molecule has 1 amide bonds. The number of nitrogens with zero attached hydrogens (tertiary/aromatic N) is 1. The van der Waals surface area contributed by atoms with Crippen molar-refractivity contribution < 1.29 is 22.7 Å². The molecule has 0 aromatic rings. The molecule has 7 heteroatoms. The molecule has 0 radical (unpaired) electrons. The van der Waals surface area contributed by atoms with Crippen LogP contribution in [-0.2, 0) is 4.74 Å². The van der Waals surface area contributed by atoms with Gasteiger partial charge in [-0.3, -0.25) is 0 Å². The largest absolute Gasteiger partial charge is 0.444 e. The Morgan fingerprint density at radius 3 is 2.48 bits per heavy atom. The van der Waals surface area contributed by atoms with Gasteiger partial charge in [0.15, 0.2) is 0 Å². The highest BCUT2D eigenvalue weighted by atomic mass is 32.2. The number of likely N-dealkylation sites (tertiary alicyclic amines) is 1. The summed E-state index contributed by atoms with van der Waals surface area (Å²) in [6, 6.07) is 0.209. The summed E-state index contributed by atoms with van der Waals surface area (Å²) in [7, 11) is 0. The van der Waals surface area contributed by atoms with Gasteiger partial charge in [0.1, 0.15) is 5.60 Å². The van der Waals surface area contributed by atoms with E-state index in [4.69, 9.17) is 4.74 Å². The molecule has 1 fully saturated rings. The van der Waals surface area contributed by atoms with Crippen LogP contribution < -0.4 is 0 Å². The van der Waals surface area contributed by atoms with Gasteiger partial charge in [0, 0.05) is 19.0 Å². The average molecular weight is 355 g/mol. The van der Waals surface area contributed by atoms with Gasteiger partial charge in [0.05, 0.1) is 0 Å². The molecule has 1 aliphatic heterocycles. The number of thioether (sulfide) groups is 1. The van der Waals surface area contributed by atoms with Crippen molar-refractivity contribution in [1.29, 1.82) is 0 Å². The number of alkyl halides is 3. The normalized spacial score (nSPS) is 19.2. The van der Waals surface area contributed by atoms with E-state index in [-0.39, 0.29) is 18.6 Å². The number of hydrogen-bond donors (Lipinski definition) is 0. The summed E-state index contributed by atoms with van der Waals surface area (Å²) in [5, 5.41) is 0. The lowest BCUT2D eigenvalue weighted by Gasteiger charge is -2.28. The molecule has 1 unspecified atom stereocenters. The second kappa shape index (κ2) is 9.04. The molecule has 1 rings (SSSR count). The number of hydrogen-bond acceptors (Lipinski definition) is 3. The van der Waals surface area contributed by atoms with E-state index in [1.807, 2.05) is 20.8 Å². The summed E-state index contributed by atoms with van der Waals surface area (Å²) in [5.74, 6) is 1.39. The third-order valence-corrected chi connectivity index (χ3v) is 4.73. The van der Waals surface area contributed by atoms with Gasteiger partial charge in [-0.1, -0.05) is 0 Å². The van der Waals surface area contributed by atoms with Crippen LogP contribution in [0.4, 0.5) is 18.0 Å². The van der Waals surface area contributed by atoms with E-state index in [0.717, 1.165) is 38.0 Å². The average Bonchev–Trinajstić information content (AvgIpc) is 2.82. The van der Waals surface area contributed by atoms with Crippen LogP contribution in [0, 0.1) is 0 Å². The lowest BCUT2D eigenvalue weighted by molar-refractivity contribution is -0.134. The smallest absolute Gasteiger partial charge is 0.410 e. The van der Waals surface area contributed by atoms with E-state index in [9.17, 15) is 18.0 Å². The molecule has 1 saturated heterocycles. The van der Waals surface area contributed by atoms with Gasteiger partial charge in [0.25, 0.3) is 0 Å². The van der Waals surface area contributed by atoms with Crippen LogP contribution in [0.15, 0.2) is 0 Å². The van der Waals surface area contributed by atoms with E-state index in [1.165, 1.54) is 0 Å². The number of carbonyl (C=O) groups excluding carboxylic acids is 1. The highest BCUT2D eigenvalue weighted by molar-refractivity contribution is 7.99. The summed E-state index contributed by atoms with van der Waals surface area (Å²) in [6.45, 7) is 6.30. The highest BCUT2D eigenvalue weighted by Gasteiger charge is 2.31. The van der Waals surface area contributed by atoms with Crippen LogP contribution in [0.1, 0.15) is 59.3 Å². The first-order chi connectivity index (χ1) is 10.6. The lowest BCUT2D eigenvalue weighted by atomic mass is 10.1. The van der Waals surface area contributed by atoms with Gasteiger partial charge in [-0.25, -0.2) is 4.79 Å². The van der Waals surface area contributed by atoms with Gasteiger partial charge in [0.2, 0.25) is 0 Å². The molecule has 0 aromatic carbocycles. The molecule has 0 spiro atoms. The second-order valence-corrected chi connectivity index (χ2v) is 8.17. The summed E-state index contributed by atoms with van der Waals surface area (Å²) in [6.07, 6.45) is -1.03. The molecule has 1 heterocycles. The van der Waals surface area contributed by atoms with E-state index in [0.29, 0.717) is 5.75 Å². The number of halogens is 3. The standard InChI is InChI=1S/C16H28F3NO2S/c1-15(2,3)22-14(21)20-10-4-7-13(20)8-5-11-23-12-6-9-16(17,18)19/h13H,4-12H2,1-3H3. The van der Waals surface area contributed by atoms with E-state index < -0.39 is 18.2 Å². The van der Waals surface area contributed by atoms with Gasteiger partial charge < -0.3 is 9.64 Å². The molecule has 1 aliphatic rings. The van der Waals surface area contributed by atoms with Crippen molar-refractivity contribution in [1.82, 2.24) is 4.90 Å². The van der Waals surface area contributed by atoms with Crippen LogP contribution >= 0.6 is 11.8 Å². The Hall–Kier alpha value is -0.590. The fraction of sp³-hybridized carbons (Fsp3) is 0.938. The van der Waals surface area contributed by atoms with Crippen molar-refractivity contribution in [3.05, 3.63) is 0 Å². The summed E-state index contributed by atoms with van der Waals surface area (Å²) >= 11 is 1.56. The van der Waals surface area contributed by atoms with Crippen molar-refractivity contribution >= 4 is 17.9 Å². The molecule has 3 nitrogen and oxygen atoms in total. The van der Waals surface area contributed by atoms with E-state index in [2.05, 4.69) is 0 Å². The lowest BCUT2D eigenvalue weighted by Crippen LogP contribution is -2.39. The van der Waals surface area contributed by atoms with Crippen LogP contribution in [0.5, 0.6) is 0 Å². The zero-order chi connectivity index (χ0) is 17.5. The maximum atomic E-state index is 12.1. The first-order valence-corrected chi connectivity index (χ1v) is 9.38. The van der Waals surface area contributed by atoms with Crippen molar-refractivity contribution in [2.45, 2.75) is 77.1 Å². The van der Waals surface area contributed by atoms with Gasteiger partial charge >= 0.3 is 12.3 Å². The predicted octanol–water partition coefficient (Wildman–Crippen LogP) is 5.24. The predicted molar refractivity (Wildman–Crippen MR) is 87.8 cm³/mol. The molecule has 0 bridgehead atoms. The summed E-state index contributed by atoms with van der Waals surface area (Å²) in [5.41, 5.74) is -0.488. The van der Waals surface area contributed by atoms with Crippen molar-refractivity contribution in [2.75, 3.05) is 18.1 Å². The number of rotatable bonds is 7. The summed E-state index contributed by atoms with van der Waals surface area (Å²) < 4.78 is 41.5. The Labute approximate surface area is 141 Å². The van der Waals surface area contributed by atoms with Gasteiger partial charge in [-0.05, 0) is 64.4 Å².